The van der Waals surface area contributed by atoms with Crippen LogP contribution in [0, 0.1) is 10.1 Å². The summed E-state index contributed by atoms with van der Waals surface area (Å²) in [5.74, 6) is -1.83. The second-order valence-electron chi connectivity index (χ2n) is 2.68. The first-order valence-corrected chi connectivity index (χ1v) is 5.10. The minimum Gasteiger partial charge on any atom is -0.744 e. The molecule has 0 heterocycles. The van der Waals surface area contributed by atoms with Gasteiger partial charge in [-0.05, 0) is 12.1 Å². The fourth-order valence-corrected chi connectivity index (χ4v) is 1.48. The number of aromatic carboxylic acids is 1. The zero-order chi connectivity index (χ0) is 12.5. The summed E-state index contributed by atoms with van der Waals surface area (Å²) in [5.41, 5.74) is -1.80. The van der Waals surface area contributed by atoms with E-state index in [2.05, 4.69) is 0 Å². The number of nitro benzene ring substituents is 1. The van der Waals surface area contributed by atoms with Crippen LogP contribution < -0.4 is 108 Å². The number of hydrogen-bond acceptors (Lipinski definition) is 7. The van der Waals surface area contributed by atoms with E-state index in [0.717, 1.165) is 0 Å². The molecule has 0 amide bonds. The summed E-state index contributed by atoms with van der Waals surface area (Å²) < 4.78 is 31.6. The van der Waals surface area contributed by atoms with Crippen molar-refractivity contribution in [1.82, 2.24) is 0 Å². The molecule has 0 radical (unpaired) electrons. The Morgan fingerprint density at radius 1 is 1.22 bits per heavy atom. The molecular weight excluding hydrogens is 320 g/mol. The fourth-order valence-electron chi connectivity index (χ4n) is 0.991. The van der Waals surface area contributed by atoms with E-state index < -0.39 is 37.2 Å². The molecule has 86 valence electrons. The largest absolute Gasteiger partial charge is 1.00 e. The van der Waals surface area contributed by atoms with Gasteiger partial charge in [-0.2, -0.15) is 0 Å². The Hall–Kier alpha value is 1.27. The van der Waals surface area contributed by atoms with Crippen molar-refractivity contribution in [3.8, 4) is 0 Å². The average Bonchev–Trinajstić information content (AvgIpc) is 2.15. The van der Waals surface area contributed by atoms with Gasteiger partial charge in [-0.3, -0.25) is 10.1 Å². The zero-order valence-corrected chi connectivity index (χ0v) is 16.5. The minimum atomic E-state index is -4.87. The first-order valence-electron chi connectivity index (χ1n) is 3.69. The maximum Gasteiger partial charge on any atom is 1.00 e. The maximum absolute atomic E-state index is 10.5. The number of carbonyl (C=O) groups excluding carboxylic acids is 1. The summed E-state index contributed by atoms with van der Waals surface area (Å²) in [5, 5.41) is 20.9. The van der Waals surface area contributed by atoms with Gasteiger partial charge in [0.2, 0.25) is 0 Å². The molecule has 0 N–H and O–H groups in total. The van der Waals surface area contributed by atoms with E-state index in [0.29, 0.717) is 18.2 Å². The number of nitro groups is 1. The summed E-state index contributed by atoms with van der Waals surface area (Å²) >= 11 is 0. The van der Waals surface area contributed by atoms with Crippen LogP contribution in [0.25, 0.3) is 0 Å². The molecule has 0 aromatic heterocycles. The molecule has 0 fully saturated rings. The van der Waals surface area contributed by atoms with E-state index in [1.807, 2.05) is 0 Å². The molecule has 1 rings (SSSR count). The summed E-state index contributed by atoms with van der Waals surface area (Å²) in [6, 6.07) is 1.69. The Labute approximate surface area is 187 Å². The topological polar surface area (TPSA) is 140 Å². The van der Waals surface area contributed by atoms with Crippen molar-refractivity contribution >= 4 is 21.8 Å². The molecule has 8 nitrogen and oxygen atoms in total. The number of hydrogen-bond donors (Lipinski definition) is 0. The molecule has 11 heteroatoms. The van der Waals surface area contributed by atoms with Crippen LogP contribution in [-0.4, -0.2) is 23.9 Å². The number of carbonyl (C=O) groups is 1. The van der Waals surface area contributed by atoms with Gasteiger partial charge in [0, 0.05) is 6.07 Å². The molecule has 18 heavy (non-hydrogen) atoms. The van der Waals surface area contributed by atoms with Crippen LogP contribution in [0.2, 0.25) is 0 Å². The van der Waals surface area contributed by atoms with Crippen molar-refractivity contribution in [2.75, 3.05) is 0 Å². The molecule has 0 spiro atoms. The second-order valence-corrected chi connectivity index (χ2v) is 4.06. The normalized spacial score (nSPS) is 9.83. The van der Waals surface area contributed by atoms with Crippen LogP contribution in [0.4, 0.5) is 5.69 Å². The molecule has 0 aliphatic heterocycles. The van der Waals surface area contributed by atoms with E-state index >= 15 is 0 Å². The molecule has 0 aliphatic carbocycles. The predicted octanol–water partition coefficient (Wildman–Crippen LogP) is -7.13. The van der Waals surface area contributed by atoms with Gasteiger partial charge < -0.3 is 14.5 Å². The number of carboxylic acids is 1. The third-order valence-corrected chi connectivity index (χ3v) is 2.51. The first-order chi connectivity index (χ1) is 7.23. The Morgan fingerprint density at radius 3 is 2.06 bits per heavy atom. The summed E-state index contributed by atoms with van der Waals surface area (Å²) in [6.07, 6.45) is 0. The molecule has 0 atom stereocenters. The Bertz CT molecular complexity index is 571. The molecule has 0 aliphatic rings. The number of rotatable bonds is 3. The van der Waals surface area contributed by atoms with Crippen molar-refractivity contribution in [2.24, 2.45) is 0 Å². The van der Waals surface area contributed by atoms with Gasteiger partial charge in [-0.25, -0.2) is 8.42 Å². The monoisotopic (exact) mass is 323 g/mol. The number of benzene rings is 1. The summed E-state index contributed by atoms with van der Waals surface area (Å²) in [7, 11) is -4.87. The van der Waals surface area contributed by atoms with E-state index in [1.54, 1.807) is 0 Å². The smallest absolute Gasteiger partial charge is 0.744 e. The van der Waals surface area contributed by atoms with Crippen LogP contribution in [0.3, 0.4) is 0 Å². The van der Waals surface area contributed by atoms with Crippen molar-refractivity contribution in [1.29, 1.82) is 0 Å². The van der Waals surface area contributed by atoms with Crippen molar-refractivity contribution in [3.05, 3.63) is 33.9 Å². The maximum atomic E-state index is 10.5. The number of nitrogens with zero attached hydrogens (tertiary/aromatic N) is 1. The molecule has 1 aromatic carbocycles. The molecule has 0 bridgehead atoms. The Kier molecular flexibility index (Phi) is 10.2. The van der Waals surface area contributed by atoms with Gasteiger partial charge in [0.15, 0.2) is 0 Å². The van der Waals surface area contributed by atoms with Crippen LogP contribution in [0.1, 0.15) is 10.4 Å². The minimum absolute atomic E-state index is 0. The average molecular weight is 323 g/mol. The van der Waals surface area contributed by atoms with Gasteiger partial charge in [-0.1, -0.05) is 0 Å². The molecule has 0 saturated heterocycles. The van der Waals surface area contributed by atoms with Gasteiger partial charge in [0.1, 0.15) is 10.1 Å². The third-order valence-electron chi connectivity index (χ3n) is 1.67. The Balaban J connectivity index is 0. The zero-order valence-electron chi connectivity index (χ0n) is 9.45. The van der Waals surface area contributed by atoms with Gasteiger partial charge in [0.25, 0.3) is 5.69 Å². The fraction of sp³-hybridized carbons (Fsp3) is 0. The van der Waals surface area contributed by atoms with Crippen LogP contribution in [0.5, 0.6) is 0 Å². The number of carboxylic acid groups (broad SMARTS) is 1. The van der Waals surface area contributed by atoms with Crippen LogP contribution in [-0.2, 0) is 10.1 Å². The SMILES string of the molecule is O=C([O-])c1ccc(S(=O)(=O)[O-])cc1[N+](=O)[O-].[K+].[K+]. The standard InChI is InChI=1S/C7H5NO7S.2K/c9-7(10)5-2-1-4(16(13,14)15)3-6(5)8(11)12;;/h1-3H,(H,9,10)(H,13,14,15);;/q;2*+1/p-2. The van der Waals surface area contributed by atoms with E-state index in [4.69, 9.17) is 0 Å². The third kappa shape index (κ3) is 5.72. The van der Waals surface area contributed by atoms with Crippen molar-refractivity contribution in [2.45, 2.75) is 4.90 Å². The Morgan fingerprint density at radius 2 is 1.72 bits per heavy atom. The quantitative estimate of drug-likeness (QED) is 0.233. The molecular formula is C7H3K2NO7S. The molecule has 0 saturated carbocycles. The van der Waals surface area contributed by atoms with Crippen LogP contribution >= 0.6 is 0 Å². The van der Waals surface area contributed by atoms with Crippen LogP contribution in [0.15, 0.2) is 23.1 Å². The first kappa shape index (κ1) is 21.6. The summed E-state index contributed by atoms with van der Waals surface area (Å²) in [4.78, 5) is 18.9. The van der Waals surface area contributed by atoms with Crippen molar-refractivity contribution in [3.63, 3.8) is 0 Å². The van der Waals surface area contributed by atoms with E-state index in [-0.39, 0.29) is 103 Å². The molecule has 0 unspecified atom stereocenters. The van der Waals surface area contributed by atoms with Crippen molar-refractivity contribution < 1.29 is 131 Å². The predicted molar refractivity (Wildman–Crippen MR) is 45.4 cm³/mol. The van der Waals surface area contributed by atoms with Gasteiger partial charge in [-0.15, -0.1) is 0 Å². The molecule has 1 aromatic rings. The summed E-state index contributed by atoms with van der Waals surface area (Å²) in [6.45, 7) is 0. The second kappa shape index (κ2) is 8.54. The van der Waals surface area contributed by atoms with Gasteiger partial charge >= 0.3 is 103 Å². The van der Waals surface area contributed by atoms with Gasteiger partial charge in [0.05, 0.1) is 21.4 Å². The van der Waals surface area contributed by atoms with E-state index in [9.17, 15) is 33.0 Å². The van der Waals surface area contributed by atoms with E-state index in [1.165, 1.54) is 0 Å².